The Morgan fingerprint density at radius 2 is 2.12 bits per heavy atom. The van der Waals surface area contributed by atoms with E-state index in [0.29, 0.717) is 16.5 Å². The maximum Gasteiger partial charge on any atom is 0.319 e. The highest BCUT2D eigenvalue weighted by Crippen LogP contribution is 2.31. The van der Waals surface area contributed by atoms with E-state index in [9.17, 15) is 9.90 Å². The molecule has 7 heteroatoms. The van der Waals surface area contributed by atoms with Gasteiger partial charge >= 0.3 is 6.03 Å². The summed E-state index contributed by atoms with van der Waals surface area (Å²) in [5, 5.41) is 15.8. The largest absolute Gasteiger partial charge is 0.467 e. The fourth-order valence-electron chi connectivity index (χ4n) is 2.75. The molecule has 1 aromatic heterocycles. The van der Waals surface area contributed by atoms with Crippen LogP contribution in [0.5, 0.6) is 0 Å². The summed E-state index contributed by atoms with van der Waals surface area (Å²) < 4.78 is 5.08. The number of carbonyl (C=O) groups excluding carboxylic acids is 1. The van der Waals surface area contributed by atoms with Gasteiger partial charge in [-0.1, -0.05) is 11.6 Å². The van der Waals surface area contributed by atoms with Gasteiger partial charge in [0, 0.05) is 18.8 Å². The van der Waals surface area contributed by atoms with Gasteiger partial charge in [-0.3, -0.25) is 0 Å². The first-order valence-electron chi connectivity index (χ1n) is 7.94. The van der Waals surface area contributed by atoms with Crippen LogP contribution in [0.15, 0.2) is 41.0 Å². The zero-order valence-corrected chi connectivity index (χ0v) is 13.9. The van der Waals surface area contributed by atoms with Crippen molar-refractivity contribution in [2.24, 2.45) is 0 Å². The van der Waals surface area contributed by atoms with Gasteiger partial charge in [0.25, 0.3) is 0 Å². The second-order valence-electron chi connectivity index (χ2n) is 5.73. The van der Waals surface area contributed by atoms with Crippen molar-refractivity contribution in [1.29, 1.82) is 0 Å². The number of aliphatic hydroxyl groups is 1. The third kappa shape index (κ3) is 4.01. The number of rotatable bonds is 5. The van der Waals surface area contributed by atoms with Crippen LogP contribution in [0, 0.1) is 0 Å². The van der Waals surface area contributed by atoms with Crippen molar-refractivity contribution in [2.45, 2.75) is 18.9 Å². The monoisotopic (exact) mass is 349 g/mol. The average molecular weight is 350 g/mol. The first-order valence-corrected chi connectivity index (χ1v) is 8.32. The number of nitrogens with one attached hydrogen (secondary N) is 2. The van der Waals surface area contributed by atoms with Gasteiger partial charge in [0.05, 0.1) is 23.5 Å². The molecular formula is C17H20ClN3O3. The van der Waals surface area contributed by atoms with E-state index in [4.69, 9.17) is 16.0 Å². The van der Waals surface area contributed by atoms with E-state index >= 15 is 0 Å². The molecule has 2 amide bonds. The third-order valence-electron chi connectivity index (χ3n) is 3.98. The molecule has 6 nitrogen and oxygen atoms in total. The standard InChI is InChI=1S/C17H20ClN3O3/c18-13-10-12(5-6-14(13)21-7-1-2-8-21)20-17(23)19-11-15(22)16-4-3-9-24-16/h3-6,9-10,15,22H,1-2,7-8,11H2,(H2,19,20,23). The molecule has 1 aliphatic rings. The Bertz CT molecular complexity index is 684. The second kappa shape index (κ2) is 7.59. The Balaban J connectivity index is 1.53. The first-order chi connectivity index (χ1) is 11.6. The van der Waals surface area contributed by atoms with Gasteiger partial charge in [-0.05, 0) is 43.2 Å². The Morgan fingerprint density at radius 3 is 2.79 bits per heavy atom. The van der Waals surface area contributed by atoms with Crippen LogP contribution in [0.4, 0.5) is 16.2 Å². The van der Waals surface area contributed by atoms with Gasteiger partial charge in [0.1, 0.15) is 11.9 Å². The summed E-state index contributed by atoms with van der Waals surface area (Å²) in [6.07, 6.45) is 2.95. The number of halogens is 1. The van der Waals surface area contributed by atoms with E-state index in [2.05, 4.69) is 15.5 Å². The molecule has 1 fully saturated rings. The van der Waals surface area contributed by atoms with Gasteiger partial charge in [-0.2, -0.15) is 0 Å². The van der Waals surface area contributed by atoms with E-state index in [1.807, 2.05) is 12.1 Å². The van der Waals surface area contributed by atoms with Gasteiger partial charge < -0.3 is 25.1 Å². The maximum atomic E-state index is 11.9. The summed E-state index contributed by atoms with van der Waals surface area (Å²) in [7, 11) is 0. The molecule has 3 N–H and O–H groups in total. The molecule has 1 aromatic carbocycles. The number of furan rings is 1. The number of benzene rings is 1. The van der Waals surface area contributed by atoms with Crippen molar-refractivity contribution in [2.75, 3.05) is 29.9 Å². The Hall–Kier alpha value is -2.18. The molecule has 3 rings (SSSR count). The number of hydrogen-bond acceptors (Lipinski definition) is 4. The van der Waals surface area contributed by atoms with Crippen molar-refractivity contribution in [3.05, 3.63) is 47.4 Å². The van der Waals surface area contributed by atoms with Crippen molar-refractivity contribution in [3.8, 4) is 0 Å². The van der Waals surface area contributed by atoms with Crippen LogP contribution in [-0.2, 0) is 0 Å². The third-order valence-corrected chi connectivity index (χ3v) is 4.28. The molecule has 1 unspecified atom stereocenters. The smallest absolute Gasteiger partial charge is 0.319 e. The lowest BCUT2D eigenvalue weighted by Gasteiger charge is -2.19. The minimum Gasteiger partial charge on any atom is -0.467 e. The van der Waals surface area contributed by atoms with Crippen LogP contribution < -0.4 is 15.5 Å². The van der Waals surface area contributed by atoms with Crippen LogP contribution in [-0.4, -0.2) is 30.8 Å². The minimum atomic E-state index is -0.883. The van der Waals surface area contributed by atoms with Crippen molar-refractivity contribution >= 4 is 29.0 Å². The van der Waals surface area contributed by atoms with Crippen molar-refractivity contribution < 1.29 is 14.3 Å². The highest BCUT2D eigenvalue weighted by Gasteiger charge is 2.16. The molecule has 24 heavy (non-hydrogen) atoms. The van der Waals surface area contributed by atoms with E-state index in [1.54, 1.807) is 18.2 Å². The molecule has 1 saturated heterocycles. The minimum absolute atomic E-state index is 0.0545. The quantitative estimate of drug-likeness (QED) is 0.773. The summed E-state index contributed by atoms with van der Waals surface area (Å²) in [4.78, 5) is 14.2. The molecule has 2 aromatic rings. The van der Waals surface area contributed by atoms with Gasteiger partial charge in [-0.25, -0.2) is 4.79 Å². The predicted molar refractivity (Wildman–Crippen MR) is 93.6 cm³/mol. The number of carbonyl (C=O) groups is 1. The topological polar surface area (TPSA) is 77.7 Å². The number of nitrogens with zero attached hydrogens (tertiary/aromatic N) is 1. The lowest BCUT2D eigenvalue weighted by atomic mass is 10.2. The molecule has 0 spiro atoms. The van der Waals surface area contributed by atoms with Crippen LogP contribution in [0.25, 0.3) is 0 Å². The molecule has 0 saturated carbocycles. The molecular weight excluding hydrogens is 330 g/mol. The Morgan fingerprint density at radius 1 is 1.33 bits per heavy atom. The van der Waals surface area contributed by atoms with Crippen LogP contribution >= 0.6 is 11.6 Å². The lowest BCUT2D eigenvalue weighted by Crippen LogP contribution is -2.32. The highest BCUT2D eigenvalue weighted by atomic mass is 35.5. The number of anilines is 2. The van der Waals surface area contributed by atoms with Gasteiger partial charge in [0.2, 0.25) is 0 Å². The average Bonchev–Trinajstić information content (AvgIpc) is 3.26. The van der Waals surface area contributed by atoms with E-state index in [1.165, 1.54) is 19.1 Å². The fourth-order valence-corrected chi connectivity index (χ4v) is 3.05. The van der Waals surface area contributed by atoms with Crippen molar-refractivity contribution in [3.63, 3.8) is 0 Å². The number of hydrogen-bond donors (Lipinski definition) is 3. The molecule has 0 bridgehead atoms. The maximum absolute atomic E-state index is 11.9. The van der Waals surface area contributed by atoms with E-state index in [-0.39, 0.29) is 6.54 Å². The van der Waals surface area contributed by atoms with E-state index in [0.717, 1.165) is 18.8 Å². The first kappa shape index (κ1) is 16.7. The van der Waals surface area contributed by atoms with E-state index < -0.39 is 12.1 Å². The molecule has 2 heterocycles. The summed E-state index contributed by atoms with van der Waals surface area (Å²) in [6, 6.07) is 8.40. The molecule has 1 aliphatic heterocycles. The molecule has 0 radical (unpaired) electrons. The Kier molecular flexibility index (Phi) is 5.27. The summed E-state index contributed by atoms with van der Waals surface area (Å²) in [5.74, 6) is 0.410. The SMILES string of the molecule is O=C(NCC(O)c1ccco1)Nc1ccc(N2CCCC2)c(Cl)c1. The van der Waals surface area contributed by atoms with Crippen LogP contribution in [0.3, 0.4) is 0 Å². The molecule has 0 aliphatic carbocycles. The molecule has 1 atom stereocenters. The molecule has 128 valence electrons. The summed E-state index contributed by atoms with van der Waals surface area (Å²) >= 11 is 6.32. The van der Waals surface area contributed by atoms with Gasteiger partial charge in [0.15, 0.2) is 0 Å². The van der Waals surface area contributed by atoms with Gasteiger partial charge in [-0.15, -0.1) is 0 Å². The fraction of sp³-hybridized carbons (Fsp3) is 0.353. The Labute approximate surface area is 145 Å². The van der Waals surface area contributed by atoms with Crippen LogP contribution in [0.2, 0.25) is 5.02 Å². The normalized spacial score (nSPS) is 15.3. The van der Waals surface area contributed by atoms with Crippen molar-refractivity contribution in [1.82, 2.24) is 5.32 Å². The lowest BCUT2D eigenvalue weighted by molar-refractivity contribution is 0.149. The highest BCUT2D eigenvalue weighted by molar-refractivity contribution is 6.33. The number of aliphatic hydroxyl groups excluding tert-OH is 1. The summed E-state index contributed by atoms with van der Waals surface area (Å²) in [5.41, 5.74) is 1.60. The summed E-state index contributed by atoms with van der Waals surface area (Å²) in [6.45, 7) is 2.08. The van der Waals surface area contributed by atoms with Crippen LogP contribution in [0.1, 0.15) is 24.7 Å². The predicted octanol–water partition coefficient (Wildman–Crippen LogP) is 3.39. The number of amides is 2. The zero-order valence-electron chi connectivity index (χ0n) is 13.2. The zero-order chi connectivity index (χ0) is 16.9. The number of urea groups is 1. The second-order valence-corrected chi connectivity index (χ2v) is 6.13.